The summed E-state index contributed by atoms with van der Waals surface area (Å²) in [5, 5.41) is 4.05. The smallest absolute Gasteiger partial charge is 0.220 e. The largest absolute Gasteiger partial charge is 0.347 e. The molecule has 2 rings (SSSR count). The lowest BCUT2D eigenvalue weighted by Gasteiger charge is -2.31. The van der Waals surface area contributed by atoms with Crippen molar-refractivity contribution in [3.05, 3.63) is 34.9 Å². The van der Waals surface area contributed by atoms with Crippen molar-refractivity contribution < 1.29 is 4.79 Å². The van der Waals surface area contributed by atoms with Gasteiger partial charge in [0.2, 0.25) is 5.91 Å². The molecule has 1 aliphatic carbocycles. The van der Waals surface area contributed by atoms with Crippen molar-refractivity contribution in [2.24, 2.45) is 5.73 Å². The number of unbranched alkanes of at least 4 members (excludes halogenated alkanes) is 3. The molecule has 0 saturated heterocycles. The van der Waals surface area contributed by atoms with E-state index in [0.29, 0.717) is 6.42 Å². The number of amides is 1. The van der Waals surface area contributed by atoms with E-state index in [9.17, 15) is 4.79 Å². The number of carbonyl (C=O) groups is 1. The summed E-state index contributed by atoms with van der Waals surface area (Å²) >= 11 is 5.98. The molecular weight excluding hydrogens is 296 g/mol. The summed E-state index contributed by atoms with van der Waals surface area (Å²) < 4.78 is 0. The molecule has 0 bridgehead atoms. The Hall–Kier alpha value is -1.06. The van der Waals surface area contributed by atoms with E-state index in [-0.39, 0.29) is 11.4 Å². The van der Waals surface area contributed by atoms with Crippen LogP contribution in [0.1, 0.15) is 63.4 Å². The van der Waals surface area contributed by atoms with Crippen molar-refractivity contribution in [1.82, 2.24) is 5.32 Å². The lowest BCUT2D eigenvalue weighted by molar-refractivity contribution is -0.123. The first-order valence-electron chi connectivity index (χ1n) is 8.43. The highest BCUT2D eigenvalue weighted by molar-refractivity contribution is 6.30. The Morgan fingerprint density at radius 2 is 1.73 bits per heavy atom. The van der Waals surface area contributed by atoms with Gasteiger partial charge >= 0.3 is 0 Å². The number of carbonyl (C=O) groups excluding carboxylic acids is 1. The highest BCUT2D eigenvalue weighted by atomic mass is 35.5. The van der Waals surface area contributed by atoms with Crippen LogP contribution in [0.5, 0.6) is 0 Å². The van der Waals surface area contributed by atoms with Crippen LogP contribution in [0.2, 0.25) is 5.02 Å². The topological polar surface area (TPSA) is 55.1 Å². The lowest BCUT2D eigenvalue weighted by atomic mass is 9.88. The second-order valence-corrected chi connectivity index (χ2v) is 6.73. The SMILES string of the molecule is NCCCCCCC(=O)NC1(c2ccc(Cl)cc2)CCCC1. The molecule has 3 N–H and O–H groups in total. The fourth-order valence-corrected chi connectivity index (χ4v) is 3.47. The van der Waals surface area contributed by atoms with E-state index in [1.54, 1.807) is 0 Å². The average molecular weight is 323 g/mol. The van der Waals surface area contributed by atoms with Crippen LogP contribution in [-0.4, -0.2) is 12.5 Å². The molecule has 1 fully saturated rings. The molecule has 22 heavy (non-hydrogen) atoms. The van der Waals surface area contributed by atoms with Crippen molar-refractivity contribution in [1.29, 1.82) is 0 Å². The summed E-state index contributed by atoms with van der Waals surface area (Å²) in [5.74, 6) is 0.171. The van der Waals surface area contributed by atoms with E-state index in [2.05, 4.69) is 17.4 Å². The van der Waals surface area contributed by atoms with Crippen LogP contribution in [0.4, 0.5) is 0 Å². The predicted octanol–water partition coefficient (Wildman–Crippen LogP) is 4.13. The molecule has 1 aromatic carbocycles. The number of nitrogens with two attached hydrogens (primary N) is 1. The van der Waals surface area contributed by atoms with Gasteiger partial charge in [0.25, 0.3) is 0 Å². The van der Waals surface area contributed by atoms with Crippen LogP contribution in [0.3, 0.4) is 0 Å². The summed E-state index contributed by atoms with van der Waals surface area (Å²) in [5.41, 5.74) is 6.49. The van der Waals surface area contributed by atoms with Gasteiger partial charge in [0.05, 0.1) is 5.54 Å². The summed E-state index contributed by atoms with van der Waals surface area (Å²) in [4.78, 5) is 12.3. The van der Waals surface area contributed by atoms with E-state index < -0.39 is 0 Å². The molecule has 122 valence electrons. The zero-order valence-corrected chi connectivity index (χ0v) is 14.0. The number of nitrogens with one attached hydrogen (secondary N) is 1. The molecule has 0 spiro atoms. The minimum absolute atomic E-state index is 0.171. The second kappa shape index (κ2) is 8.54. The summed E-state index contributed by atoms with van der Waals surface area (Å²) in [6.45, 7) is 0.742. The summed E-state index contributed by atoms with van der Waals surface area (Å²) in [6, 6.07) is 7.93. The standard InChI is InChI=1S/C18H27ClN2O/c19-16-10-8-15(9-11-16)18(12-4-5-13-18)21-17(22)7-3-1-2-6-14-20/h8-11H,1-7,12-14,20H2,(H,21,22). The quantitative estimate of drug-likeness (QED) is 0.707. The first kappa shape index (κ1) is 17.3. The van der Waals surface area contributed by atoms with E-state index in [1.165, 1.54) is 18.4 Å². The van der Waals surface area contributed by atoms with Crippen LogP contribution in [0.15, 0.2) is 24.3 Å². The van der Waals surface area contributed by atoms with Gasteiger partial charge in [-0.05, 0) is 49.9 Å². The zero-order chi connectivity index (χ0) is 15.8. The summed E-state index contributed by atoms with van der Waals surface area (Å²) in [7, 11) is 0. The van der Waals surface area contributed by atoms with E-state index >= 15 is 0 Å². The van der Waals surface area contributed by atoms with Crippen molar-refractivity contribution >= 4 is 17.5 Å². The van der Waals surface area contributed by atoms with Gasteiger partial charge in [0.1, 0.15) is 0 Å². The van der Waals surface area contributed by atoms with E-state index in [4.69, 9.17) is 17.3 Å². The molecule has 1 amide bonds. The third kappa shape index (κ3) is 4.72. The Morgan fingerprint density at radius 1 is 1.09 bits per heavy atom. The summed E-state index contributed by atoms with van der Waals surface area (Å²) in [6.07, 6.45) is 9.18. The second-order valence-electron chi connectivity index (χ2n) is 6.30. The number of hydrogen-bond acceptors (Lipinski definition) is 2. The van der Waals surface area contributed by atoms with E-state index in [1.807, 2.05) is 12.1 Å². The Kier molecular flexibility index (Phi) is 6.71. The van der Waals surface area contributed by atoms with Crippen molar-refractivity contribution in [2.45, 2.75) is 63.3 Å². The zero-order valence-electron chi connectivity index (χ0n) is 13.2. The molecule has 1 aliphatic rings. The van der Waals surface area contributed by atoms with Crippen molar-refractivity contribution in [3.8, 4) is 0 Å². The maximum absolute atomic E-state index is 12.3. The number of benzene rings is 1. The van der Waals surface area contributed by atoms with Crippen LogP contribution < -0.4 is 11.1 Å². The fraction of sp³-hybridized carbons (Fsp3) is 0.611. The first-order chi connectivity index (χ1) is 10.7. The highest BCUT2D eigenvalue weighted by Crippen LogP contribution is 2.39. The van der Waals surface area contributed by atoms with Crippen LogP contribution >= 0.6 is 11.6 Å². The third-order valence-corrected chi connectivity index (χ3v) is 4.84. The number of rotatable bonds is 8. The molecule has 0 radical (unpaired) electrons. The monoisotopic (exact) mass is 322 g/mol. The normalized spacial score (nSPS) is 16.6. The van der Waals surface area contributed by atoms with Crippen LogP contribution in [0, 0.1) is 0 Å². The fourth-order valence-electron chi connectivity index (χ4n) is 3.35. The minimum Gasteiger partial charge on any atom is -0.347 e. The van der Waals surface area contributed by atoms with Crippen molar-refractivity contribution in [3.63, 3.8) is 0 Å². The molecule has 0 unspecified atom stereocenters. The van der Waals surface area contributed by atoms with Gasteiger partial charge in [-0.1, -0.05) is 49.4 Å². The maximum atomic E-state index is 12.3. The van der Waals surface area contributed by atoms with Gasteiger partial charge in [0.15, 0.2) is 0 Å². The first-order valence-corrected chi connectivity index (χ1v) is 8.81. The van der Waals surface area contributed by atoms with Gasteiger partial charge in [0, 0.05) is 11.4 Å². The highest BCUT2D eigenvalue weighted by Gasteiger charge is 2.36. The van der Waals surface area contributed by atoms with Crippen LogP contribution in [-0.2, 0) is 10.3 Å². The Bertz CT molecular complexity index is 466. The Balaban J connectivity index is 1.91. The molecule has 0 heterocycles. The van der Waals surface area contributed by atoms with Gasteiger partial charge in [-0.25, -0.2) is 0 Å². The number of hydrogen-bond donors (Lipinski definition) is 2. The Morgan fingerprint density at radius 3 is 2.36 bits per heavy atom. The van der Waals surface area contributed by atoms with Gasteiger partial charge in [-0.15, -0.1) is 0 Å². The van der Waals surface area contributed by atoms with Crippen molar-refractivity contribution in [2.75, 3.05) is 6.54 Å². The Labute approximate surface area is 138 Å². The minimum atomic E-state index is -0.182. The molecular formula is C18H27ClN2O. The molecule has 4 heteroatoms. The van der Waals surface area contributed by atoms with Gasteiger partial charge in [-0.2, -0.15) is 0 Å². The van der Waals surface area contributed by atoms with Gasteiger partial charge < -0.3 is 11.1 Å². The molecule has 1 aromatic rings. The molecule has 3 nitrogen and oxygen atoms in total. The van der Waals surface area contributed by atoms with E-state index in [0.717, 1.165) is 50.1 Å². The average Bonchev–Trinajstić information content (AvgIpc) is 2.97. The number of halogens is 1. The maximum Gasteiger partial charge on any atom is 0.220 e. The van der Waals surface area contributed by atoms with Crippen LogP contribution in [0.25, 0.3) is 0 Å². The molecule has 0 aromatic heterocycles. The molecule has 0 atom stereocenters. The molecule has 0 aliphatic heterocycles. The predicted molar refractivity (Wildman–Crippen MR) is 91.9 cm³/mol. The third-order valence-electron chi connectivity index (χ3n) is 4.59. The molecule has 1 saturated carbocycles. The van der Waals surface area contributed by atoms with Gasteiger partial charge in [-0.3, -0.25) is 4.79 Å². The lowest BCUT2D eigenvalue weighted by Crippen LogP contribution is -2.43.